The summed E-state index contributed by atoms with van der Waals surface area (Å²) in [7, 11) is 3.42. The zero-order valence-electron chi connectivity index (χ0n) is 10.5. The first kappa shape index (κ1) is 15.9. The summed E-state index contributed by atoms with van der Waals surface area (Å²) in [6, 6.07) is 6.01. The molecule has 0 saturated carbocycles. The largest absolute Gasteiger partial charge is 1.00 e. The first-order chi connectivity index (χ1) is 7.16. The zero-order valence-corrected chi connectivity index (χ0v) is 11.5. The summed E-state index contributed by atoms with van der Waals surface area (Å²) in [4.78, 5) is 11.9. The summed E-state index contributed by atoms with van der Waals surface area (Å²) in [5.74, 6) is 0.283. The molecule has 1 aromatic rings. The van der Waals surface area contributed by atoms with Gasteiger partial charge in [0.2, 0.25) is 0 Å². The van der Waals surface area contributed by atoms with Gasteiger partial charge in [0, 0.05) is 12.0 Å². The first-order valence-corrected chi connectivity index (χ1v) is 6.11. The van der Waals surface area contributed by atoms with Gasteiger partial charge >= 0.3 is 18.9 Å². The maximum atomic E-state index is 11.9. The van der Waals surface area contributed by atoms with Crippen LogP contribution in [0.3, 0.4) is 0 Å². The number of carbonyl (C=O) groups excluding carboxylic acids is 1. The summed E-state index contributed by atoms with van der Waals surface area (Å²) in [5, 5.41) is 0. The molecule has 1 nitrogen and oxygen atoms in total. The van der Waals surface area contributed by atoms with Gasteiger partial charge in [0.05, 0.1) is 0 Å². The molecule has 0 fully saturated rings. The Morgan fingerprint density at radius 1 is 1.19 bits per heavy atom. The van der Waals surface area contributed by atoms with E-state index in [0.717, 1.165) is 35.7 Å². The van der Waals surface area contributed by atoms with Crippen LogP contribution in [0.25, 0.3) is 0 Å². The number of benzene rings is 1. The molecule has 1 rings (SSSR count). The summed E-state index contributed by atoms with van der Waals surface area (Å²) in [6.07, 6.45) is 3.67. The van der Waals surface area contributed by atoms with Crippen molar-refractivity contribution < 1.29 is 23.7 Å². The van der Waals surface area contributed by atoms with Gasteiger partial charge in [-0.05, 0) is 31.4 Å². The minimum atomic E-state index is 0. The molecule has 0 atom stereocenters. The van der Waals surface area contributed by atoms with Crippen LogP contribution in [-0.4, -0.2) is 11.9 Å². The van der Waals surface area contributed by atoms with E-state index < -0.39 is 0 Å². The number of hydrogen-bond donors (Lipinski definition) is 0. The van der Waals surface area contributed by atoms with Gasteiger partial charge < -0.3 is 9.24 Å². The fourth-order valence-electron chi connectivity index (χ4n) is 1.79. The van der Waals surface area contributed by atoms with Crippen molar-refractivity contribution in [3.05, 3.63) is 34.9 Å². The van der Waals surface area contributed by atoms with Gasteiger partial charge in [-0.1, -0.05) is 24.6 Å². The summed E-state index contributed by atoms with van der Waals surface area (Å²) < 4.78 is 0. The molecule has 0 bridgehead atoms. The van der Waals surface area contributed by atoms with Gasteiger partial charge in [-0.2, -0.15) is 6.16 Å². The van der Waals surface area contributed by atoms with Crippen LogP contribution in [0.15, 0.2) is 18.2 Å². The van der Waals surface area contributed by atoms with E-state index in [1.807, 2.05) is 32.0 Å². The molecular formula is C13H18LiOP. The molecular weight excluding hydrogens is 210 g/mol. The second kappa shape index (κ2) is 8.07. The van der Waals surface area contributed by atoms with Gasteiger partial charge in [0.1, 0.15) is 0 Å². The van der Waals surface area contributed by atoms with E-state index in [2.05, 4.69) is 9.24 Å². The molecule has 0 N–H and O–H groups in total. The molecule has 82 valence electrons. The van der Waals surface area contributed by atoms with E-state index in [4.69, 9.17) is 0 Å². The minimum Gasteiger partial charge on any atom is -0.558 e. The molecule has 0 radical (unpaired) electrons. The topological polar surface area (TPSA) is 17.1 Å². The third-order valence-electron chi connectivity index (χ3n) is 2.59. The Bertz CT molecular complexity index is 330. The standard InChI is InChI=1S/C13H18OP.Li/c1-10-6-5-7-11(2)13(10)12(14)8-3-4-9-15;/h5-7,15H,3-4,8-9H2,1-2H3;/q-1;+1. The van der Waals surface area contributed by atoms with Crippen LogP contribution in [0.1, 0.15) is 40.7 Å². The predicted octanol–water partition coefficient (Wildman–Crippen LogP) is 0.803. The third kappa shape index (κ3) is 4.42. The number of unbranched alkanes of at least 4 members (excludes halogenated alkanes) is 1. The van der Waals surface area contributed by atoms with Crippen LogP contribution in [0, 0.1) is 13.8 Å². The Morgan fingerprint density at radius 3 is 2.25 bits per heavy atom. The fourth-order valence-corrected chi connectivity index (χ4v) is 2.04. The first-order valence-electron chi connectivity index (χ1n) is 5.41. The van der Waals surface area contributed by atoms with Gasteiger partial charge in [0.25, 0.3) is 0 Å². The zero-order chi connectivity index (χ0) is 11.3. The number of ketones is 1. The van der Waals surface area contributed by atoms with Gasteiger partial charge in [-0.25, -0.2) is 0 Å². The van der Waals surface area contributed by atoms with Crippen LogP contribution in [-0.2, 0) is 0 Å². The van der Waals surface area contributed by atoms with Crippen molar-refractivity contribution in [3.8, 4) is 0 Å². The Kier molecular flexibility index (Phi) is 8.03. The van der Waals surface area contributed by atoms with Crippen LogP contribution in [0.2, 0.25) is 0 Å². The molecule has 0 aliphatic carbocycles. The molecule has 3 heteroatoms. The molecule has 0 heterocycles. The average molecular weight is 228 g/mol. The fraction of sp³-hybridized carbons (Fsp3) is 0.462. The Morgan fingerprint density at radius 2 is 1.75 bits per heavy atom. The van der Waals surface area contributed by atoms with Crippen molar-refractivity contribution in [1.29, 1.82) is 0 Å². The Labute approximate surface area is 113 Å². The molecule has 0 spiro atoms. The normalized spacial score (nSPS) is 9.69. The van der Waals surface area contributed by atoms with Crippen molar-refractivity contribution in [2.75, 3.05) is 6.16 Å². The number of rotatable bonds is 5. The van der Waals surface area contributed by atoms with Crippen molar-refractivity contribution >= 4 is 15.0 Å². The molecule has 0 aliphatic rings. The number of aryl methyl sites for hydroxylation is 2. The Balaban J connectivity index is 0.00000225. The molecule has 0 aliphatic heterocycles. The molecule has 0 aromatic heterocycles. The molecule has 0 amide bonds. The monoisotopic (exact) mass is 228 g/mol. The van der Waals surface area contributed by atoms with E-state index in [0.29, 0.717) is 6.42 Å². The van der Waals surface area contributed by atoms with E-state index in [1.165, 1.54) is 0 Å². The van der Waals surface area contributed by atoms with E-state index in [9.17, 15) is 4.79 Å². The minimum absolute atomic E-state index is 0. The number of carbonyl (C=O) groups is 1. The summed E-state index contributed by atoms with van der Waals surface area (Å²) >= 11 is 0. The van der Waals surface area contributed by atoms with Crippen molar-refractivity contribution in [1.82, 2.24) is 0 Å². The maximum Gasteiger partial charge on any atom is 1.00 e. The molecule has 0 unspecified atom stereocenters. The van der Waals surface area contributed by atoms with Crippen molar-refractivity contribution in [3.63, 3.8) is 0 Å². The van der Waals surface area contributed by atoms with Gasteiger partial charge in [-0.3, -0.25) is 4.79 Å². The Hall–Kier alpha value is -0.0826. The average Bonchev–Trinajstić information content (AvgIpc) is 2.18. The molecule has 1 aromatic carbocycles. The van der Waals surface area contributed by atoms with Crippen LogP contribution >= 0.6 is 9.24 Å². The second-order valence-corrected chi connectivity index (χ2v) is 4.40. The van der Waals surface area contributed by atoms with Gasteiger partial charge in [0.15, 0.2) is 5.78 Å². The number of hydrogen-bond acceptors (Lipinski definition) is 1. The molecule has 16 heavy (non-hydrogen) atoms. The van der Waals surface area contributed by atoms with E-state index in [1.54, 1.807) is 0 Å². The smallest absolute Gasteiger partial charge is 0.558 e. The van der Waals surface area contributed by atoms with E-state index in [-0.39, 0.29) is 24.6 Å². The van der Waals surface area contributed by atoms with E-state index >= 15 is 0 Å². The second-order valence-electron chi connectivity index (χ2n) is 3.90. The SMILES string of the molecule is Cc1cccc(C)c1C(=O)CCCC[PH-].[Li+]. The van der Waals surface area contributed by atoms with Crippen LogP contribution < -0.4 is 18.9 Å². The summed E-state index contributed by atoms with van der Waals surface area (Å²) in [6.45, 7) is 4.01. The van der Waals surface area contributed by atoms with Crippen molar-refractivity contribution in [2.24, 2.45) is 0 Å². The number of Topliss-reactive ketones (excluding diaryl/α,β-unsaturated/α-hetero) is 1. The predicted molar refractivity (Wildman–Crippen MR) is 67.3 cm³/mol. The maximum absolute atomic E-state index is 11.9. The molecule has 0 saturated heterocycles. The summed E-state index contributed by atoms with van der Waals surface area (Å²) in [5.41, 5.74) is 3.11. The van der Waals surface area contributed by atoms with Gasteiger partial charge in [-0.15, -0.1) is 0 Å². The third-order valence-corrected chi connectivity index (χ3v) is 2.94. The van der Waals surface area contributed by atoms with Crippen LogP contribution in [0.5, 0.6) is 0 Å². The quantitative estimate of drug-likeness (QED) is 0.315. The van der Waals surface area contributed by atoms with Crippen LogP contribution in [0.4, 0.5) is 0 Å². The van der Waals surface area contributed by atoms with Crippen molar-refractivity contribution in [2.45, 2.75) is 33.1 Å².